The van der Waals surface area contributed by atoms with Gasteiger partial charge < -0.3 is 0 Å². The monoisotopic (exact) mass is 282 g/mol. The first kappa shape index (κ1) is 16.3. The van der Waals surface area contributed by atoms with Gasteiger partial charge in [-0.2, -0.15) is 9.68 Å². The van der Waals surface area contributed by atoms with Crippen LogP contribution in [0.2, 0.25) is 0 Å². The van der Waals surface area contributed by atoms with Crippen molar-refractivity contribution >= 4 is 6.16 Å². The van der Waals surface area contributed by atoms with Gasteiger partial charge in [-0.15, -0.1) is 0 Å². The van der Waals surface area contributed by atoms with E-state index in [2.05, 4.69) is 23.6 Å². The van der Waals surface area contributed by atoms with Gasteiger partial charge in [-0.3, -0.25) is 9.78 Å². The number of carbonyl (C=O) groups is 1. The average molecular weight is 282 g/mol. The first-order valence-electron chi connectivity index (χ1n) is 6.81. The summed E-state index contributed by atoms with van der Waals surface area (Å²) in [6.45, 7) is 6.72. The van der Waals surface area contributed by atoms with E-state index in [1.165, 1.54) is 0 Å². The largest absolute Gasteiger partial charge is 0.582 e. The van der Waals surface area contributed by atoms with Gasteiger partial charge in [0.1, 0.15) is 0 Å². The normalized spacial score (nSPS) is 12.0. The molecule has 1 aromatic carbocycles. The number of benzene rings is 1. The summed E-state index contributed by atoms with van der Waals surface area (Å²) in [7, 11) is 0. The minimum Gasteiger partial charge on any atom is -0.284 e. The highest BCUT2D eigenvalue weighted by Gasteiger charge is 2.10. The molecule has 1 aromatic rings. The first-order chi connectivity index (χ1) is 9.58. The highest BCUT2D eigenvalue weighted by atomic mass is 17.3. The third-order valence-electron chi connectivity index (χ3n) is 2.67. The smallest absolute Gasteiger partial charge is 0.284 e. The number of carbonyl (C=O) groups excluding carboxylic acids is 1. The van der Waals surface area contributed by atoms with Crippen LogP contribution >= 0.6 is 0 Å². The van der Waals surface area contributed by atoms with Crippen molar-refractivity contribution in [1.29, 1.82) is 0 Å². The van der Waals surface area contributed by atoms with Crippen LogP contribution in [0.1, 0.15) is 33.6 Å². The molecule has 0 aliphatic carbocycles. The molecule has 5 heteroatoms. The second-order valence-corrected chi connectivity index (χ2v) is 5.17. The molecule has 1 unspecified atom stereocenters. The van der Waals surface area contributed by atoms with Gasteiger partial charge in [0.15, 0.2) is 5.75 Å². The lowest BCUT2D eigenvalue weighted by Crippen LogP contribution is -2.14. The molecule has 0 aromatic heterocycles. The lowest BCUT2D eigenvalue weighted by molar-refractivity contribution is -0.293. The molecule has 0 fully saturated rings. The van der Waals surface area contributed by atoms with Gasteiger partial charge in [-0.25, -0.2) is 4.89 Å². The summed E-state index contributed by atoms with van der Waals surface area (Å²) in [4.78, 5) is 29.6. The van der Waals surface area contributed by atoms with Crippen LogP contribution < -0.4 is 4.89 Å². The highest BCUT2D eigenvalue weighted by Crippen LogP contribution is 2.12. The fourth-order valence-corrected chi connectivity index (χ4v) is 1.47. The molecule has 20 heavy (non-hydrogen) atoms. The predicted molar refractivity (Wildman–Crippen MR) is 73.8 cm³/mol. The standard InChI is InChI=1S/C15H22O5/c1-12(2)9-10-13(3)11-17-19-15(16)20-18-14-7-5-4-6-8-14/h4-8,12-13H,9-11H2,1-3H3. The van der Waals surface area contributed by atoms with Gasteiger partial charge in [0, 0.05) is 0 Å². The van der Waals surface area contributed by atoms with Crippen molar-refractivity contribution in [2.24, 2.45) is 11.8 Å². The van der Waals surface area contributed by atoms with Crippen LogP contribution in [-0.2, 0) is 14.7 Å². The zero-order chi connectivity index (χ0) is 14.8. The van der Waals surface area contributed by atoms with Crippen molar-refractivity contribution in [3.05, 3.63) is 30.3 Å². The van der Waals surface area contributed by atoms with Crippen LogP contribution in [0.3, 0.4) is 0 Å². The molecule has 0 amide bonds. The molecule has 1 atom stereocenters. The maximum absolute atomic E-state index is 11.2. The van der Waals surface area contributed by atoms with Crippen LogP contribution in [0.5, 0.6) is 5.75 Å². The van der Waals surface area contributed by atoms with Crippen LogP contribution in [-0.4, -0.2) is 12.8 Å². The number of para-hydroxylation sites is 1. The van der Waals surface area contributed by atoms with E-state index in [1.54, 1.807) is 24.3 Å². The minimum atomic E-state index is -1.02. The van der Waals surface area contributed by atoms with Gasteiger partial charge in [0.2, 0.25) is 0 Å². The minimum absolute atomic E-state index is 0.320. The van der Waals surface area contributed by atoms with E-state index in [4.69, 9.17) is 9.78 Å². The molecule has 0 bridgehead atoms. The van der Waals surface area contributed by atoms with Crippen molar-refractivity contribution in [1.82, 2.24) is 0 Å². The number of hydrogen-bond acceptors (Lipinski definition) is 5. The Kier molecular flexibility index (Phi) is 7.50. The van der Waals surface area contributed by atoms with Gasteiger partial charge in [-0.1, -0.05) is 45.4 Å². The molecule has 1 rings (SSSR count). The quantitative estimate of drug-likeness (QED) is 0.530. The Bertz CT molecular complexity index is 377. The second-order valence-electron chi connectivity index (χ2n) is 5.17. The number of hydrogen-bond donors (Lipinski definition) is 0. The SMILES string of the molecule is CC(C)CCC(C)COOC(=O)OOc1ccccc1. The van der Waals surface area contributed by atoms with Gasteiger partial charge >= 0.3 is 6.16 Å². The summed E-state index contributed by atoms with van der Waals surface area (Å²) in [5.74, 6) is 1.39. The molecule has 0 radical (unpaired) electrons. The second kappa shape index (κ2) is 9.20. The summed E-state index contributed by atoms with van der Waals surface area (Å²) < 4.78 is 0. The molecule has 0 N–H and O–H groups in total. The molecule has 0 saturated carbocycles. The Morgan fingerprint density at radius 2 is 1.75 bits per heavy atom. The van der Waals surface area contributed by atoms with E-state index < -0.39 is 6.16 Å². The van der Waals surface area contributed by atoms with Crippen LogP contribution in [0.25, 0.3) is 0 Å². The van der Waals surface area contributed by atoms with Crippen molar-refractivity contribution in [3.8, 4) is 5.75 Å². The van der Waals surface area contributed by atoms with Gasteiger partial charge in [-0.05, 0) is 30.4 Å². The van der Waals surface area contributed by atoms with Gasteiger partial charge in [0.05, 0.1) is 6.61 Å². The molecule has 112 valence electrons. The molecular weight excluding hydrogens is 260 g/mol. The fourth-order valence-electron chi connectivity index (χ4n) is 1.47. The summed E-state index contributed by atoms with van der Waals surface area (Å²) in [6.07, 6.45) is 1.12. The topological polar surface area (TPSA) is 54.0 Å². The summed E-state index contributed by atoms with van der Waals surface area (Å²) in [5.41, 5.74) is 0. The predicted octanol–water partition coefficient (Wildman–Crippen LogP) is 4.14. The fraction of sp³-hybridized carbons (Fsp3) is 0.533. The maximum atomic E-state index is 11.2. The van der Waals surface area contributed by atoms with E-state index in [9.17, 15) is 4.79 Å². The Morgan fingerprint density at radius 1 is 1.05 bits per heavy atom. The van der Waals surface area contributed by atoms with E-state index >= 15 is 0 Å². The van der Waals surface area contributed by atoms with E-state index in [0.717, 1.165) is 12.8 Å². The van der Waals surface area contributed by atoms with Crippen molar-refractivity contribution < 1.29 is 24.3 Å². The van der Waals surface area contributed by atoms with E-state index in [1.807, 2.05) is 13.0 Å². The Hall–Kier alpha value is -1.75. The Balaban J connectivity index is 2.08. The molecule has 0 spiro atoms. The third-order valence-corrected chi connectivity index (χ3v) is 2.67. The molecule has 0 aliphatic heterocycles. The highest BCUT2D eigenvalue weighted by molar-refractivity contribution is 5.58. The third kappa shape index (κ3) is 7.63. The first-order valence-corrected chi connectivity index (χ1v) is 6.81. The lowest BCUT2D eigenvalue weighted by Gasteiger charge is -2.11. The van der Waals surface area contributed by atoms with Crippen LogP contribution in [0.4, 0.5) is 4.79 Å². The van der Waals surface area contributed by atoms with E-state index in [-0.39, 0.29) is 0 Å². The molecular formula is C15H22O5. The van der Waals surface area contributed by atoms with Crippen molar-refractivity contribution in [2.75, 3.05) is 6.61 Å². The summed E-state index contributed by atoms with van der Waals surface area (Å²) in [5, 5.41) is 0. The van der Waals surface area contributed by atoms with Crippen LogP contribution in [0, 0.1) is 11.8 Å². The van der Waals surface area contributed by atoms with Crippen molar-refractivity contribution in [2.45, 2.75) is 33.6 Å². The lowest BCUT2D eigenvalue weighted by atomic mass is 10.0. The molecule has 0 aliphatic rings. The summed E-state index contributed by atoms with van der Waals surface area (Å²) in [6, 6.07) is 8.66. The van der Waals surface area contributed by atoms with Gasteiger partial charge in [0.25, 0.3) is 0 Å². The Labute approximate surface area is 119 Å². The molecule has 0 heterocycles. The average Bonchev–Trinajstić information content (AvgIpc) is 2.44. The number of rotatable bonds is 8. The van der Waals surface area contributed by atoms with Crippen molar-refractivity contribution in [3.63, 3.8) is 0 Å². The summed E-state index contributed by atoms with van der Waals surface area (Å²) >= 11 is 0. The zero-order valence-electron chi connectivity index (χ0n) is 12.2. The van der Waals surface area contributed by atoms with E-state index in [0.29, 0.717) is 24.2 Å². The molecule has 5 nitrogen and oxygen atoms in total. The molecule has 0 saturated heterocycles. The zero-order valence-corrected chi connectivity index (χ0v) is 12.2. The maximum Gasteiger partial charge on any atom is 0.582 e. The Morgan fingerprint density at radius 3 is 2.40 bits per heavy atom. The van der Waals surface area contributed by atoms with Crippen LogP contribution in [0.15, 0.2) is 30.3 Å².